The summed E-state index contributed by atoms with van der Waals surface area (Å²) in [6.45, 7) is -0.0486. The molecule has 3 rings (SSSR count). The second kappa shape index (κ2) is 4.95. The van der Waals surface area contributed by atoms with Crippen molar-refractivity contribution in [1.29, 1.82) is 0 Å². The van der Waals surface area contributed by atoms with E-state index in [-0.39, 0.29) is 6.61 Å². The number of nitrogens with zero attached hydrogens (tertiary/aromatic N) is 2. The number of aliphatic hydroxyl groups is 1. The third-order valence-corrected chi connectivity index (χ3v) is 3.80. The largest absolute Gasteiger partial charge is 0.480 e. The number of fused-ring (bicyclic) bond motifs is 1. The summed E-state index contributed by atoms with van der Waals surface area (Å²) in [5.74, 6) is 0.547. The summed E-state index contributed by atoms with van der Waals surface area (Å²) in [5, 5.41) is 10.5. The normalized spacial score (nSPS) is 10.8. The third kappa shape index (κ3) is 1.97. The Hall–Kier alpha value is -1.98. The smallest absolute Gasteiger partial charge is 0.233 e. The average Bonchev–Trinajstić information content (AvgIpc) is 2.89. The van der Waals surface area contributed by atoms with Crippen molar-refractivity contribution >= 4 is 22.4 Å². The van der Waals surface area contributed by atoms with E-state index in [1.165, 1.54) is 11.5 Å². The van der Waals surface area contributed by atoms with Gasteiger partial charge in [0.15, 0.2) is 0 Å². The van der Waals surface area contributed by atoms with Crippen LogP contribution < -0.4 is 4.74 Å². The highest BCUT2D eigenvalue weighted by atomic mass is 32.1. The summed E-state index contributed by atoms with van der Waals surface area (Å²) in [5.41, 5.74) is 2.76. The predicted molar refractivity (Wildman–Crippen MR) is 75.3 cm³/mol. The fourth-order valence-electron chi connectivity index (χ4n) is 2.13. The number of aliphatic hydroxyl groups excluding tert-OH is 1. The van der Waals surface area contributed by atoms with Gasteiger partial charge >= 0.3 is 0 Å². The number of para-hydroxylation sites is 1. The predicted octanol–water partition coefficient (Wildman–Crippen LogP) is 2.86. The molecule has 0 aliphatic rings. The first-order chi connectivity index (χ1) is 9.35. The first-order valence-electron chi connectivity index (χ1n) is 5.82. The molecule has 0 amide bonds. The van der Waals surface area contributed by atoms with Gasteiger partial charge in [-0.05, 0) is 29.2 Å². The quantitative estimate of drug-likeness (QED) is 0.796. The molecule has 0 saturated heterocycles. The van der Waals surface area contributed by atoms with Gasteiger partial charge in [0.1, 0.15) is 0 Å². The van der Waals surface area contributed by atoms with Crippen LogP contribution in [0.4, 0.5) is 0 Å². The van der Waals surface area contributed by atoms with Crippen LogP contribution in [0.5, 0.6) is 5.88 Å². The van der Waals surface area contributed by atoms with Gasteiger partial charge in [0.05, 0.1) is 29.7 Å². The highest BCUT2D eigenvalue weighted by molar-refractivity contribution is 7.06. The van der Waals surface area contributed by atoms with Gasteiger partial charge in [0, 0.05) is 11.6 Å². The van der Waals surface area contributed by atoms with E-state index in [1.807, 2.05) is 30.3 Å². The Labute approximate surface area is 114 Å². The van der Waals surface area contributed by atoms with E-state index < -0.39 is 0 Å². The van der Waals surface area contributed by atoms with Gasteiger partial charge in [-0.25, -0.2) is 0 Å². The molecule has 19 heavy (non-hydrogen) atoms. The van der Waals surface area contributed by atoms with Crippen LogP contribution >= 0.6 is 11.5 Å². The van der Waals surface area contributed by atoms with Gasteiger partial charge < -0.3 is 9.84 Å². The first kappa shape index (κ1) is 12.1. The molecule has 0 aliphatic carbocycles. The molecule has 2 heterocycles. The van der Waals surface area contributed by atoms with Crippen LogP contribution in [-0.2, 0) is 6.61 Å². The molecule has 1 N–H and O–H groups in total. The van der Waals surface area contributed by atoms with Gasteiger partial charge in [0.2, 0.25) is 5.88 Å². The fourth-order valence-corrected chi connectivity index (χ4v) is 2.84. The molecule has 0 fully saturated rings. The van der Waals surface area contributed by atoms with E-state index in [2.05, 4.69) is 9.36 Å². The molecule has 0 saturated carbocycles. The highest BCUT2D eigenvalue weighted by Crippen LogP contribution is 2.38. The number of hydrogen-bond acceptors (Lipinski definition) is 5. The summed E-state index contributed by atoms with van der Waals surface area (Å²) in [7, 11) is 1.59. The SMILES string of the molecule is COc1nsc(CO)c1-c1ccnc2ccccc12. The molecule has 2 aromatic heterocycles. The zero-order chi connectivity index (χ0) is 13.2. The number of pyridine rings is 1. The van der Waals surface area contributed by atoms with Gasteiger partial charge in [-0.2, -0.15) is 4.37 Å². The van der Waals surface area contributed by atoms with Gasteiger partial charge in [-0.1, -0.05) is 18.2 Å². The first-order valence-corrected chi connectivity index (χ1v) is 6.60. The fraction of sp³-hybridized carbons (Fsp3) is 0.143. The number of rotatable bonds is 3. The molecule has 4 nitrogen and oxygen atoms in total. The van der Waals surface area contributed by atoms with E-state index in [0.717, 1.165) is 26.9 Å². The van der Waals surface area contributed by atoms with Crippen LogP contribution in [0.15, 0.2) is 36.5 Å². The molecular formula is C14H12N2O2S. The molecule has 0 aliphatic heterocycles. The lowest BCUT2D eigenvalue weighted by Gasteiger charge is -2.07. The summed E-state index contributed by atoms with van der Waals surface area (Å²) in [4.78, 5) is 5.14. The molecule has 1 aromatic carbocycles. The zero-order valence-electron chi connectivity index (χ0n) is 10.3. The van der Waals surface area contributed by atoms with Gasteiger partial charge in [-0.3, -0.25) is 4.98 Å². The molecule has 3 aromatic rings. The minimum Gasteiger partial charge on any atom is -0.480 e. The number of benzene rings is 1. The lowest BCUT2D eigenvalue weighted by atomic mass is 10.0. The Balaban J connectivity index is 2.33. The van der Waals surface area contributed by atoms with Crippen LogP contribution in [-0.4, -0.2) is 21.6 Å². The summed E-state index contributed by atoms with van der Waals surface area (Å²) in [6.07, 6.45) is 1.76. The summed E-state index contributed by atoms with van der Waals surface area (Å²) < 4.78 is 9.53. The monoisotopic (exact) mass is 272 g/mol. The van der Waals surface area contributed by atoms with Crippen LogP contribution in [0.2, 0.25) is 0 Å². The topological polar surface area (TPSA) is 55.2 Å². The van der Waals surface area contributed by atoms with Gasteiger partial charge in [0.25, 0.3) is 0 Å². The number of aromatic nitrogens is 2. The van der Waals surface area contributed by atoms with Crippen LogP contribution in [0, 0.1) is 0 Å². The maximum Gasteiger partial charge on any atom is 0.233 e. The average molecular weight is 272 g/mol. The van der Waals surface area contributed by atoms with Crippen molar-refractivity contribution in [2.75, 3.05) is 7.11 Å². The number of ether oxygens (including phenoxy) is 1. The van der Waals surface area contributed by atoms with Crippen molar-refractivity contribution in [1.82, 2.24) is 9.36 Å². The zero-order valence-corrected chi connectivity index (χ0v) is 11.1. The Morgan fingerprint density at radius 2 is 2.11 bits per heavy atom. The van der Waals surface area contributed by atoms with E-state index in [4.69, 9.17) is 4.74 Å². The van der Waals surface area contributed by atoms with Crippen molar-refractivity contribution in [2.45, 2.75) is 6.61 Å². The summed E-state index contributed by atoms with van der Waals surface area (Å²) >= 11 is 1.26. The van der Waals surface area contributed by atoms with Crippen LogP contribution in [0.3, 0.4) is 0 Å². The van der Waals surface area contributed by atoms with E-state index in [1.54, 1.807) is 13.3 Å². The molecule has 5 heteroatoms. The summed E-state index contributed by atoms with van der Waals surface area (Å²) in [6, 6.07) is 9.82. The lowest BCUT2D eigenvalue weighted by molar-refractivity contribution is 0.285. The van der Waals surface area contributed by atoms with Crippen molar-refractivity contribution in [3.05, 3.63) is 41.4 Å². The Morgan fingerprint density at radius 3 is 2.89 bits per heavy atom. The van der Waals surface area contributed by atoms with Crippen molar-refractivity contribution < 1.29 is 9.84 Å². The van der Waals surface area contributed by atoms with Crippen molar-refractivity contribution in [3.8, 4) is 17.0 Å². The van der Waals surface area contributed by atoms with E-state index >= 15 is 0 Å². The minimum absolute atomic E-state index is 0.0486. The highest BCUT2D eigenvalue weighted by Gasteiger charge is 2.17. The standard InChI is InChI=1S/C14H12N2O2S/c1-18-14-13(12(8-17)19-16-14)10-6-7-15-11-5-3-2-4-9(10)11/h2-7,17H,8H2,1H3. The molecule has 0 atom stereocenters. The minimum atomic E-state index is -0.0486. The maximum atomic E-state index is 9.46. The van der Waals surface area contributed by atoms with E-state index in [0.29, 0.717) is 5.88 Å². The molecular weight excluding hydrogens is 260 g/mol. The van der Waals surface area contributed by atoms with Crippen LogP contribution in [0.25, 0.3) is 22.0 Å². The second-order valence-electron chi connectivity index (χ2n) is 4.02. The Morgan fingerprint density at radius 1 is 1.26 bits per heavy atom. The molecule has 0 bridgehead atoms. The maximum absolute atomic E-state index is 9.46. The number of methoxy groups -OCH3 is 1. The number of hydrogen-bond donors (Lipinski definition) is 1. The molecule has 0 radical (unpaired) electrons. The third-order valence-electron chi connectivity index (χ3n) is 2.99. The van der Waals surface area contributed by atoms with Crippen molar-refractivity contribution in [2.24, 2.45) is 0 Å². The molecule has 96 valence electrons. The Kier molecular flexibility index (Phi) is 3.15. The van der Waals surface area contributed by atoms with Crippen molar-refractivity contribution in [3.63, 3.8) is 0 Å². The van der Waals surface area contributed by atoms with Gasteiger partial charge in [-0.15, -0.1) is 0 Å². The van der Waals surface area contributed by atoms with E-state index in [9.17, 15) is 5.11 Å². The lowest BCUT2D eigenvalue weighted by Crippen LogP contribution is -1.91. The second-order valence-corrected chi connectivity index (χ2v) is 4.88. The molecule has 0 spiro atoms. The Bertz CT molecular complexity index is 698. The molecule has 0 unspecified atom stereocenters. The van der Waals surface area contributed by atoms with Crippen LogP contribution in [0.1, 0.15) is 4.88 Å².